The fourth-order valence-corrected chi connectivity index (χ4v) is 1.62. The number of halogens is 1. The van der Waals surface area contributed by atoms with Crippen molar-refractivity contribution in [3.8, 4) is 0 Å². The molecular weight excluding hydrogens is 188 g/mol. The highest BCUT2D eigenvalue weighted by molar-refractivity contribution is 6.18. The molecule has 1 heterocycles. The normalized spacial score (nSPS) is 18.9. The second kappa shape index (κ2) is 3.27. The molecule has 72 valence electrons. The van der Waals surface area contributed by atoms with Crippen molar-refractivity contribution in [3.05, 3.63) is 12.2 Å². The summed E-state index contributed by atoms with van der Waals surface area (Å²) in [5.41, 5.74) is 0.188. The van der Waals surface area contributed by atoms with E-state index in [1.165, 1.54) is 12.8 Å². The summed E-state index contributed by atoms with van der Waals surface area (Å²) in [6, 6.07) is 0. The molecule has 1 aromatic heterocycles. The van der Waals surface area contributed by atoms with Crippen molar-refractivity contribution < 1.29 is 0 Å². The zero-order valence-electron chi connectivity index (χ0n) is 7.63. The van der Waals surface area contributed by atoms with Gasteiger partial charge in [-0.3, -0.25) is 4.68 Å². The molecule has 4 nitrogen and oxygen atoms in total. The fraction of sp³-hybridized carbons (Fsp3) is 0.750. The molecule has 1 aliphatic rings. The summed E-state index contributed by atoms with van der Waals surface area (Å²) in [4.78, 5) is 4.13. The molecule has 0 unspecified atom stereocenters. The Morgan fingerprint density at radius 2 is 2.46 bits per heavy atom. The van der Waals surface area contributed by atoms with Gasteiger partial charge in [0.05, 0.1) is 6.54 Å². The van der Waals surface area contributed by atoms with Gasteiger partial charge in [-0.15, -0.1) is 11.6 Å². The van der Waals surface area contributed by atoms with Crippen LogP contribution < -0.4 is 5.32 Å². The first-order chi connectivity index (χ1) is 6.26. The van der Waals surface area contributed by atoms with Crippen LogP contribution in [0, 0.1) is 0 Å². The molecule has 1 aromatic rings. The molecule has 0 amide bonds. The number of alkyl halides is 1. The molecule has 0 aliphatic heterocycles. The average molecular weight is 201 g/mol. The Bertz CT molecular complexity index is 292. The van der Waals surface area contributed by atoms with E-state index < -0.39 is 0 Å². The number of aromatic nitrogens is 3. The van der Waals surface area contributed by atoms with Gasteiger partial charge in [-0.2, -0.15) is 5.10 Å². The van der Waals surface area contributed by atoms with Crippen LogP contribution in [0.2, 0.25) is 0 Å². The quantitative estimate of drug-likeness (QED) is 0.727. The fourth-order valence-electron chi connectivity index (χ4n) is 1.26. The third-order valence-electron chi connectivity index (χ3n) is 2.54. The van der Waals surface area contributed by atoms with Gasteiger partial charge in [0.1, 0.15) is 12.2 Å². The Hall–Kier alpha value is -0.610. The van der Waals surface area contributed by atoms with Gasteiger partial charge < -0.3 is 5.32 Å². The van der Waals surface area contributed by atoms with Crippen LogP contribution in [0.25, 0.3) is 0 Å². The molecule has 13 heavy (non-hydrogen) atoms. The summed E-state index contributed by atoms with van der Waals surface area (Å²) in [5, 5.41) is 7.40. The SMILES string of the molecule is Cn1ncnc1CNC1(CCl)CC1. The van der Waals surface area contributed by atoms with Gasteiger partial charge in [-0.05, 0) is 12.8 Å². The number of nitrogens with zero attached hydrogens (tertiary/aromatic N) is 3. The van der Waals surface area contributed by atoms with Crippen molar-refractivity contribution in [2.45, 2.75) is 24.9 Å². The third-order valence-corrected chi connectivity index (χ3v) is 3.05. The van der Waals surface area contributed by atoms with E-state index in [4.69, 9.17) is 11.6 Å². The summed E-state index contributed by atoms with van der Waals surface area (Å²) in [6.07, 6.45) is 3.92. The van der Waals surface area contributed by atoms with Crippen molar-refractivity contribution in [2.75, 3.05) is 5.88 Å². The van der Waals surface area contributed by atoms with Crippen LogP contribution in [0.15, 0.2) is 6.33 Å². The van der Waals surface area contributed by atoms with Crippen LogP contribution in [0.3, 0.4) is 0 Å². The molecular formula is C8H13ClN4. The average Bonchev–Trinajstić information content (AvgIpc) is 2.82. The predicted molar refractivity (Wildman–Crippen MR) is 50.5 cm³/mol. The molecule has 0 spiro atoms. The molecule has 0 bridgehead atoms. The Labute approximate surface area is 82.3 Å². The largest absolute Gasteiger partial charge is 0.303 e. The maximum absolute atomic E-state index is 5.83. The molecule has 0 aromatic carbocycles. The molecule has 5 heteroatoms. The van der Waals surface area contributed by atoms with Crippen LogP contribution in [-0.2, 0) is 13.6 Å². The van der Waals surface area contributed by atoms with E-state index in [1.807, 2.05) is 7.05 Å². The summed E-state index contributed by atoms with van der Waals surface area (Å²) in [6.45, 7) is 0.753. The van der Waals surface area contributed by atoms with Gasteiger partial charge in [-0.1, -0.05) is 0 Å². The van der Waals surface area contributed by atoms with E-state index in [-0.39, 0.29) is 5.54 Å². The van der Waals surface area contributed by atoms with E-state index in [0.717, 1.165) is 12.4 Å². The van der Waals surface area contributed by atoms with Gasteiger partial charge in [0, 0.05) is 18.5 Å². The maximum atomic E-state index is 5.83. The number of hydrogen-bond acceptors (Lipinski definition) is 3. The van der Waals surface area contributed by atoms with Crippen LogP contribution >= 0.6 is 11.6 Å². The lowest BCUT2D eigenvalue weighted by atomic mass is 10.3. The summed E-state index contributed by atoms with van der Waals surface area (Å²) >= 11 is 5.83. The molecule has 2 rings (SSSR count). The topological polar surface area (TPSA) is 42.7 Å². The zero-order valence-corrected chi connectivity index (χ0v) is 8.38. The van der Waals surface area contributed by atoms with Crippen molar-refractivity contribution in [2.24, 2.45) is 7.05 Å². The van der Waals surface area contributed by atoms with E-state index in [9.17, 15) is 0 Å². The van der Waals surface area contributed by atoms with E-state index in [2.05, 4.69) is 15.4 Å². The molecule has 1 fully saturated rings. The van der Waals surface area contributed by atoms with Gasteiger partial charge in [0.15, 0.2) is 0 Å². The Balaban J connectivity index is 1.90. The molecule has 1 saturated carbocycles. The van der Waals surface area contributed by atoms with Crippen molar-refractivity contribution >= 4 is 11.6 Å². The Kier molecular flexibility index (Phi) is 2.26. The number of hydrogen-bond donors (Lipinski definition) is 1. The predicted octanol–water partition coefficient (Wildman–Crippen LogP) is 0.676. The molecule has 1 aliphatic carbocycles. The minimum atomic E-state index is 0.188. The van der Waals surface area contributed by atoms with Gasteiger partial charge in [-0.25, -0.2) is 4.98 Å². The first-order valence-corrected chi connectivity index (χ1v) is 4.93. The Morgan fingerprint density at radius 3 is 2.92 bits per heavy atom. The zero-order chi connectivity index (χ0) is 9.31. The highest BCUT2D eigenvalue weighted by Gasteiger charge is 2.41. The van der Waals surface area contributed by atoms with Crippen LogP contribution in [0.1, 0.15) is 18.7 Å². The van der Waals surface area contributed by atoms with E-state index >= 15 is 0 Å². The number of rotatable bonds is 4. The lowest BCUT2D eigenvalue weighted by Crippen LogP contribution is -2.33. The van der Waals surface area contributed by atoms with Crippen LogP contribution in [-0.4, -0.2) is 26.2 Å². The minimum absolute atomic E-state index is 0.188. The van der Waals surface area contributed by atoms with Crippen molar-refractivity contribution in [1.82, 2.24) is 20.1 Å². The minimum Gasteiger partial charge on any atom is -0.303 e. The summed E-state index contributed by atoms with van der Waals surface area (Å²) in [5.74, 6) is 1.64. The smallest absolute Gasteiger partial charge is 0.140 e. The third kappa shape index (κ3) is 1.84. The first kappa shape index (κ1) is 8.97. The van der Waals surface area contributed by atoms with Crippen LogP contribution in [0.5, 0.6) is 0 Å². The standard InChI is InChI=1S/C8H13ClN4/c1-13-7(10-6-12-13)4-11-8(5-9)2-3-8/h6,11H,2-5H2,1H3. The lowest BCUT2D eigenvalue weighted by Gasteiger charge is -2.12. The summed E-state index contributed by atoms with van der Waals surface area (Å²) < 4.78 is 1.78. The molecule has 0 radical (unpaired) electrons. The molecule has 0 saturated heterocycles. The first-order valence-electron chi connectivity index (χ1n) is 4.40. The van der Waals surface area contributed by atoms with Crippen molar-refractivity contribution in [1.29, 1.82) is 0 Å². The van der Waals surface area contributed by atoms with Crippen LogP contribution in [0.4, 0.5) is 0 Å². The second-order valence-electron chi connectivity index (χ2n) is 3.57. The Morgan fingerprint density at radius 1 is 1.69 bits per heavy atom. The van der Waals surface area contributed by atoms with Gasteiger partial charge >= 0.3 is 0 Å². The van der Waals surface area contributed by atoms with Gasteiger partial charge in [0.2, 0.25) is 0 Å². The highest BCUT2D eigenvalue weighted by Crippen LogP contribution is 2.36. The van der Waals surface area contributed by atoms with Gasteiger partial charge in [0.25, 0.3) is 0 Å². The van der Waals surface area contributed by atoms with E-state index in [1.54, 1.807) is 11.0 Å². The number of aryl methyl sites for hydroxylation is 1. The molecule has 0 atom stereocenters. The van der Waals surface area contributed by atoms with Crippen molar-refractivity contribution in [3.63, 3.8) is 0 Å². The maximum Gasteiger partial charge on any atom is 0.140 e. The second-order valence-corrected chi connectivity index (χ2v) is 3.83. The monoisotopic (exact) mass is 200 g/mol. The molecule has 1 N–H and O–H groups in total. The van der Waals surface area contributed by atoms with E-state index in [0.29, 0.717) is 5.88 Å². The lowest BCUT2D eigenvalue weighted by molar-refractivity contribution is 0.515. The number of nitrogens with one attached hydrogen (secondary N) is 1. The summed E-state index contributed by atoms with van der Waals surface area (Å²) in [7, 11) is 1.89. The highest BCUT2D eigenvalue weighted by atomic mass is 35.5.